The maximum atomic E-state index is 13.4. The summed E-state index contributed by atoms with van der Waals surface area (Å²) in [5.74, 6) is 1.77. The molecule has 3 aromatic carbocycles. The van der Waals surface area contributed by atoms with Gasteiger partial charge >= 0.3 is 0 Å². The minimum Gasteiger partial charge on any atom is -0.487 e. The van der Waals surface area contributed by atoms with Crippen molar-refractivity contribution in [2.24, 2.45) is 5.92 Å². The number of aliphatic hydroxyl groups is 1. The van der Waals surface area contributed by atoms with Crippen LogP contribution >= 0.6 is 15.9 Å². The number of benzene rings is 3. The van der Waals surface area contributed by atoms with Gasteiger partial charge in [0.05, 0.1) is 6.61 Å². The Morgan fingerprint density at radius 3 is 2.46 bits per heavy atom. The van der Waals surface area contributed by atoms with E-state index in [1.807, 2.05) is 68.6 Å². The smallest absolute Gasteiger partial charge is 0.247 e. The first kappa shape index (κ1) is 27.6. The second-order valence-electron chi connectivity index (χ2n) is 9.59. The van der Waals surface area contributed by atoms with Crippen LogP contribution in [0.25, 0.3) is 0 Å². The molecule has 1 aliphatic rings. The number of likely N-dealkylation sites (N-methyl/N-ethyl adjacent to an activating group) is 1. The van der Waals surface area contributed by atoms with Gasteiger partial charge in [0.1, 0.15) is 28.2 Å². The standard InChI is InChI=1S/C28H33BrN2O5S/c1-20-16-31(21(2)19-32)37(33,34)28-14-11-23(29)15-26(28)36-27(20)18-30(3)17-22-9-12-25(13-10-22)35-24-7-5-4-6-8-24/h4-15,20-21,27,32H,16-19H2,1-3H3/t20-,21+,27-/m0/s1. The van der Waals surface area contributed by atoms with E-state index in [-0.39, 0.29) is 30.1 Å². The number of para-hydroxylation sites is 1. The Morgan fingerprint density at radius 2 is 1.78 bits per heavy atom. The van der Waals surface area contributed by atoms with Gasteiger partial charge in [0, 0.05) is 36.1 Å². The van der Waals surface area contributed by atoms with E-state index in [1.165, 1.54) is 4.31 Å². The van der Waals surface area contributed by atoms with Gasteiger partial charge in [-0.05, 0) is 62.0 Å². The summed E-state index contributed by atoms with van der Waals surface area (Å²) < 4.78 is 41.3. The zero-order valence-electron chi connectivity index (χ0n) is 21.2. The molecule has 1 heterocycles. The first-order chi connectivity index (χ1) is 17.7. The molecule has 3 aromatic rings. The van der Waals surface area contributed by atoms with Crippen LogP contribution in [0.15, 0.2) is 82.2 Å². The minimum absolute atomic E-state index is 0.111. The molecule has 0 fully saturated rings. The normalized spacial score (nSPS) is 20.4. The Morgan fingerprint density at radius 1 is 1.11 bits per heavy atom. The highest BCUT2D eigenvalue weighted by atomic mass is 79.9. The van der Waals surface area contributed by atoms with Crippen molar-refractivity contribution in [3.05, 3.63) is 82.8 Å². The van der Waals surface area contributed by atoms with Crippen molar-refractivity contribution in [3.63, 3.8) is 0 Å². The first-order valence-corrected chi connectivity index (χ1v) is 14.5. The zero-order chi connectivity index (χ0) is 26.6. The monoisotopic (exact) mass is 588 g/mol. The maximum absolute atomic E-state index is 13.4. The van der Waals surface area contributed by atoms with Gasteiger partial charge in [0.15, 0.2) is 0 Å². The van der Waals surface area contributed by atoms with E-state index in [9.17, 15) is 13.5 Å². The van der Waals surface area contributed by atoms with E-state index in [4.69, 9.17) is 9.47 Å². The van der Waals surface area contributed by atoms with Crippen molar-refractivity contribution in [2.45, 2.75) is 37.4 Å². The van der Waals surface area contributed by atoms with Crippen molar-refractivity contribution in [2.75, 3.05) is 26.7 Å². The number of halogens is 1. The van der Waals surface area contributed by atoms with Crippen LogP contribution in [0, 0.1) is 5.92 Å². The number of fused-ring (bicyclic) bond motifs is 1. The number of nitrogens with zero attached hydrogens (tertiary/aromatic N) is 2. The predicted octanol–water partition coefficient (Wildman–Crippen LogP) is 5.14. The zero-order valence-corrected chi connectivity index (χ0v) is 23.7. The Balaban J connectivity index is 1.50. The molecule has 3 atom stereocenters. The molecule has 0 radical (unpaired) electrons. The fourth-order valence-electron chi connectivity index (χ4n) is 4.39. The van der Waals surface area contributed by atoms with Gasteiger partial charge in [0.25, 0.3) is 0 Å². The first-order valence-electron chi connectivity index (χ1n) is 12.3. The van der Waals surface area contributed by atoms with Crippen molar-refractivity contribution in [1.82, 2.24) is 9.21 Å². The number of hydrogen-bond acceptors (Lipinski definition) is 6. The van der Waals surface area contributed by atoms with Gasteiger partial charge < -0.3 is 14.6 Å². The fourth-order valence-corrected chi connectivity index (χ4v) is 6.55. The molecule has 0 amide bonds. The van der Waals surface area contributed by atoms with Crippen LogP contribution in [-0.4, -0.2) is 61.6 Å². The Hall–Kier alpha value is -2.43. The lowest BCUT2D eigenvalue weighted by molar-refractivity contribution is 0.0733. The van der Waals surface area contributed by atoms with Crippen molar-refractivity contribution in [3.8, 4) is 17.2 Å². The van der Waals surface area contributed by atoms with Crippen LogP contribution in [0.4, 0.5) is 0 Å². The highest BCUT2D eigenvalue weighted by molar-refractivity contribution is 9.10. The highest BCUT2D eigenvalue weighted by Gasteiger charge is 2.38. The van der Waals surface area contributed by atoms with Gasteiger partial charge in [-0.2, -0.15) is 4.31 Å². The molecule has 0 aliphatic carbocycles. The van der Waals surface area contributed by atoms with E-state index in [1.54, 1.807) is 25.1 Å². The quantitative estimate of drug-likeness (QED) is 0.392. The summed E-state index contributed by atoms with van der Waals surface area (Å²) in [6.07, 6.45) is -0.261. The van der Waals surface area contributed by atoms with Crippen molar-refractivity contribution < 1.29 is 23.0 Å². The summed E-state index contributed by atoms with van der Waals surface area (Å²) in [6, 6.07) is 22.1. The summed E-state index contributed by atoms with van der Waals surface area (Å²) in [5, 5.41) is 9.78. The van der Waals surface area contributed by atoms with Crippen LogP contribution in [0.5, 0.6) is 17.2 Å². The molecule has 0 unspecified atom stereocenters. The number of ether oxygens (including phenoxy) is 2. The van der Waals surface area contributed by atoms with E-state index in [0.29, 0.717) is 18.8 Å². The van der Waals surface area contributed by atoms with Gasteiger partial charge in [-0.1, -0.05) is 53.2 Å². The van der Waals surface area contributed by atoms with Crippen molar-refractivity contribution in [1.29, 1.82) is 0 Å². The van der Waals surface area contributed by atoms with E-state index in [0.717, 1.165) is 21.5 Å². The van der Waals surface area contributed by atoms with Gasteiger partial charge in [0.2, 0.25) is 10.0 Å². The molecule has 0 spiro atoms. The van der Waals surface area contributed by atoms with E-state index >= 15 is 0 Å². The molecular weight excluding hydrogens is 556 g/mol. The second-order valence-corrected chi connectivity index (χ2v) is 12.4. The topological polar surface area (TPSA) is 79.3 Å². The van der Waals surface area contributed by atoms with E-state index in [2.05, 4.69) is 20.8 Å². The molecule has 7 nitrogen and oxygen atoms in total. The van der Waals surface area contributed by atoms with Crippen molar-refractivity contribution >= 4 is 26.0 Å². The van der Waals surface area contributed by atoms with Gasteiger partial charge in [-0.3, -0.25) is 4.90 Å². The Kier molecular flexibility index (Phi) is 8.92. The third-order valence-corrected chi connectivity index (χ3v) is 8.99. The SMILES string of the molecule is C[C@H](CO)N1C[C@H](C)[C@H](CN(C)Cc2ccc(Oc3ccccc3)cc2)Oc2cc(Br)ccc2S1(=O)=O. The fraction of sp³-hybridized carbons (Fsp3) is 0.357. The molecule has 4 rings (SSSR count). The Labute approximate surface area is 227 Å². The molecule has 1 N–H and O–H groups in total. The molecule has 1 aliphatic heterocycles. The van der Waals surface area contributed by atoms with Crippen LogP contribution < -0.4 is 9.47 Å². The number of rotatable bonds is 8. The number of aliphatic hydroxyl groups excluding tert-OH is 1. The van der Waals surface area contributed by atoms with Crippen LogP contribution in [0.2, 0.25) is 0 Å². The summed E-state index contributed by atoms with van der Waals surface area (Å²) in [7, 11) is -1.81. The average molecular weight is 590 g/mol. The molecule has 198 valence electrons. The third-order valence-electron chi connectivity index (χ3n) is 6.48. The lowest BCUT2D eigenvalue weighted by Crippen LogP contribution is -2.49. The molecule has 37 heavy (non-hydrogen) atoms. The summed E-state index contributed by atoms with van der Waals surface area (Å²) in [5.41, 5.74) is 1.13. The molecule has 0 aromatic heterocycles. The molecule has 0 saturated carbocycles. The summed E-state index contributed by atoms with van der Waals surface area (Å²) >= 11 is 3.44. The van der Waals surface area contributed by atoms with Gasteiger partial charge in [-0.15, -0.1) is 0 Å². The van der Waals surface area contributed by atoms with Crippen LogP contribution in [-0.2, 0) is 16.6 Å². The largest absolute Gasteiger partial charge is 0.487 e. The van der Waals surface area contributed by atoms with E-state index < -0.39 is 16.1 Å². The average Bonchev–Trinajstić information content (AvgIpc) is 2.87. The van der Waals surface area contributed by atoms with Crippen LogP contribution in [0.1, 0.15) is 19.4 Å². The molecule has 9 heteroatoms. The predicted molar refractivity (Wildman–Crippen MR) is 147 cm³/mol. The number of hydrogen-bond donors (Lipinski definition) is 1. The van der Waals surface area contributed by atoms with Gasteiger partial charge in [-0.25, -0.2) is 8.42 Å². The molecular formula is C28H33BrN2O5S. The number of sulfonamides is 1. The second kappa shape index (κ2) is 12.0. The molecule has 0 bridgehead atoms. The summed E-state index contributed by atoms with van der Waals surface area (Å²) in [4.78, 5) is 2.28. The Bertz CT molecular complexity index is 1290. The summed E-state index contributed by atoms with van der Waals surface area (Å²) in [6.45, 7) is 4.99. The third kappa shape index (κ3) is 6.72. The minimum atomic E-state index is -3.83. The maximum Gasteiger partial charge on any atom is 0.247 e. The van der Waals surface area contributed by atoms with Crippen LogP contribution in [0.3, 0.4) is 0 Å². The lowest BCUT2D eigenvalue weighted by atomic mass is 10.0. The molecule has 0 saturated heterocycles. The highest BCUT2D eigenvalue weighted by Crippen LogP contribution is 2.35. The lowest BCUT2D eigenvalue weighted by Gasteiger charge is -2.37.